The third kappa shape index (κ3) is 18.4. The molecule has 0 heterocycles. The molecule has 0 aliphatic heterocycles. The zero-order valence-corrected chi connectivity index (χ0v) is 20.5. The smallest absolute Gasteiger partial charge is 0.328 e. The molecule has 2 atom stereocenters. The van der Waals surface area contributed by atoms with Crippen molar-refractivity contribution in [1.82, 2.24) is 0 Å². The number of carbonyl (C=O) groups is 1. The Morgan fingerprint density at radius 3 is 1.97 bits per heavy atom. The second-order valence-electron chi connectivity index (χ2n) is 7.35. The van der Waals surface area contributed by atoms with Crippen molar-refractivity contribution in [1.29, 1.82) is 0 Å². The number of hydrogen-bond donors (Lipinski definition) is 0. The zero-order chi connectivity index (χ0) is 22.2. The van der Waals surface area contributed by atoms with Gasteiger partial charge in [0.2, 0.25) is 0 Å². The molecule has 0 aliphatic carbocycles. The van der Waals surface area contributed by atoms with Crippen LogP contribution in [0.4, 0.5) is 0 Å². The summed E-state index contributed by atoms with van der Waals surface area (Å²) < 4.78 is 38.4. The van der Waals surface area contributed by atoms with Gasteiger partial charge in [-0.25, -0.2) is 0 Å². The Bertz CT molecular complexity index is 470. The number of hydrogen-bond acceptors (Lipinski definition) is 9. The van der Waals surface area contributed by atoms with Gasteiger partial charge in [0.05, 0.1) is 58.5 Å². The maximum Gasteiger partial charge on any atom is 0.328 e. The predicted molar refractivity (Wildman–Crippen MR) is 116 cm³/mol. The Morgan fingerprint density at radius 1 is 0.966 bits per heavy atom. The largest absolute Gasteiger partial charge is 0.469 e. The lowest BCUT2D eigenvalue weighted by molar-refractivity contribution is -0.141. The van der Waals surface area contributed by atoms with Crippen LogP contribution in [0.1, 0.15) is 53.9 Å². The lowest BCUT2D eigenvalue weighted by Crippen LogP contribution is -2.22. The maximum absolute atomic E-state index is 11.3. The number of methoxy groups -OCH3 is 1. The van der Waals surface area contributed by atoms with Crippen molar-refractivity contribution < 1.29 is 37.3 Å². The summed E-state index contributed by atoms with van der Waals surface area (Å²) in [6, 6.07) is 0. The van der Waals surface area contributed by atoms with E-state index in [1.54, 1.807) is 0 Å². The summed E-state index contributed by atoms with van der Waals surface area (Å²) in [4.78, 5) is 11.3. The maximum atomic E-state index is 11.3. The van der Waals surface area contributed by atoms with Gasteiger partial charge in [-0.3, -0.25) is 4.79 Å². The molecule has 0 radical (unpaired) electrons. The molecule has 0 bridgehead atoms. The third-order valence-electron chi connectivity index (χ3n) is 3.25. The van der Waals surface area contributed by atoms with Crippen LogP contribution in [0, 0.1) is 0 Å². The van der Waals surface area contributed by atoms with Crippen molar-refractivity contribution in [2.75, 3.05) is 53.4 Å². The van der Waals surface area contributed by atoms with Gasteiger partial charge in [0.1, 0.15) is 0 Å². The van der Waals surface area contributed by atoms with E-state index in [0.717, 1.165) is 13.0 Å². The standard InChI is InChI=1S/C19H39O8PS/c1-7-10-22-11-12-23-13-14-24-15-16-25-28(29,27-19(3,4)5)26-17(2)8-9-18(20)21-6/h17H,7-16H2,1-6H3. The monoisotopic (exact) mass is 458 g/mol. The van der Waals surface area contributed by atoms with E-state index in [1.807, 2.05) is 27.7 Å². The van der Waals surface area contributed by atoms with E-state index in [1.165, 1.54) is 7.11 Å². The molecule has 0 saturated heterocycles. The first-order valence-electron chi connectivity index (χ1n) is 10.1. The van der Waals surface area contributed by atoms with Crippen LogP contribution in [0.2, 0.25) is 0 Å². The molecular weight excluding hydrogens is 419 g/mol. The summed E-state index contributed by atoms with van der Waals surface area (Å²) in [5.41, 5.74) is -0.522. The number of carbonyl (C=O) groups excluding carboxylic acids is 1. The first-order chi connectivity index (χ1) is 13.6. The molecule has 0 aliphatic rings. The molecule has 0 aromatic rings. The van der Waals surface area contributed by atoms with Crippen molar-refractivity contribution in [3.05, 3.63) is 0 Å². The molecule has 0 saturated carbocycles. The van der Waals surface area contributed by atoms with Crippen LogP contribution < -0.4 is 0 Å². The topological polar surface area (TPSA) is 81.7 Å². The van der Waals surface area contributed by atoms with Crippen LogP contribution in [-0.4, -0.2) is 71.0 Å². The summed E-state index contributed by atoms with van der Waals surface area (Å²) in [5, 5.41) is 0. The van der Waals surface area contributed by atoms with E-state index in [9.17, 15) is 4.79 Å². The molecular formula is C19H39O8PS. The molecule has 10 heteroatoms. The van der Waals surface area contributed by atoms with E-state index in [-0.39, 0.29) is 25.1 Å². The Balaban J connectivity index is 4.17. The van der Waals surface area contributed by atoms with E-state index in [4.69, 9.17) is 39.6 Å². The molecule has 0 amide bonds. The van der Waals surface area contributed by atoms with Gasteiger partial charge >= 0.3 is 12.7 Å². The molecule has 0 rings (SSSR count). The highest BCUT2D eigenvalue weighted by molar-refractivity contribution is 8.07. The highest BCUT2D eigenvalue weighted by Crippen LogP contribution is 2.54. The molecule has 2 unspecified atom stereocenters. The SMILES string of the molecule is CCCOCCOCCOCCOP(=S)(OC(C)CCC(=O)OC)OC(C)(C)C. The van der Waals surface area contributed by atoms with Crippen LogP contribution in [-0.2, 0) is 49.1 Å². The van der Waals surface area contributed by atoms with Gasteiger partial charge in [-0.1, -0.05) is 6.92 Å². The lowest BCUT2D eigenvalue weighted by atomic mass is 10.2. The summed E-state index contributed by atoms with van der Waals surface area (Å²) in [6.07, 6.45) is 1.42. The minimum Gasteiger partial charge on any atom is -0.469 e. The van der Waals surface area contributed by atoms with Crippen LogP contribution in [0.25, 0.3) is 0 Å². The van der Waals surface area contributed by atoms with E-state index < -0.39 is 12.3 Å². The molecule has 29 heavy (non-hydrogen) atoms. The first kappa shape index (κ1) is 28.9. The van der Waals surface area contributed by atoms with Crippen LogP contribution >= 0.6 is 6.72 Å². The molecule has 0 aromatic heterocycles. The van der Waals surface area contributed by atoms with Gasteiger partial charge in [0.15, 0.2) is 0 Å². The van der Waals surface area contributed by atoms with E-state index >= 15 is 0 Å². The highest BCUT2D eigenvalue weighted by Gasteiger charge is 2.30. The zero-order valence-electron chi connectivity index (χ0n) is 18.8. The molecule has 8 nitrogen and oxygen atoms in total. The molecule has 0 aromatic carbocycles. The quantitative estimate of drug-likeness (QED) is 0.173. The van der Waals surface area contributed by atoms with Crippen LogP contribution in [0.15, 0.2) is 0 Å². The average Bonchev–Trinajstić information content (AvgIpc) is 2.62. The van der Waals surface area contributed by atoms with Crippen molar-refractivity contribution >= 4 is 24.5 Å². The lowest BCUT2D eigenvalue weighted by Gasteiger charge is -2.31. The average molecular weight is 459 g/mol. The minimum absolute atomic E-state index is 0.245. The molecule has 0 fully saturated rings. The fourth-order valence-corrected chi connectivity index (χ4v) is 5.01. The summed E-state index contributed by atoms with van der Waals surface area (Å²) in [6.45, 7) is 10.0. The second-order valence-corrected chi connectivity index (χ2v) is 10.2. The Hall–Kier alpha value is -0.120. The molecule has 0 N–H and O–H groups in total. The minimum atomic E-state index is -2.99. The fourth-order valence-electron chi connectivity index (χ4n) is 2.00. The van der Waals surface area contributed by atoms with Gasteiger partial charge in [0.25, 0.3) is 0 Å². The van der Waals surface area contributed by atoms with Gasteiger partial charge < -0.3 is 32.5 Å². The Morgan fingerprint density at radius 2 is 1.48 bits per heavy atom. The van der Waals surface area contributed by atoms with Crippen molar-refractivity contribution in [2.24, 2.45) is 0 Å². The van der Waals surface area contributed by atoms with Gasteiger partial charge in [-0.05, 0) is 52.3 Å². The van der Waals surface area contributed by atoms with Gasteiger partial charge in [0, 0.05) is 13.0 Å². The predicted octanol–water partition coefficient (Wildman–Crippen LogP) is 3.86. The fraction of sp³-hybridized carbons (Fsp3) is 0.947. The Kier molecular flexibility index (Phi) is 16.5. The van der Waals surface area contributed by atoms with Crippen molar-refractivity contribution in [2.45, 2.75) is 65.6 Å². The van der Waals surface area contributed by atoms with E-state index in [2.05, 4.69) is 11.7 Å². The van der Waals surface area contributed by atoms with Crippen LogP contribution in [0.3, 0.4) is 0 Å². The number of ether oxygens (including phenoxy) is 4. The van der Waals surface area contributed by atoms with Crippen LogP contribution in [0.5, 0.6) is 0 Å². The van der Waals surface area contributed by atoms with E-state index in [0.29, 0.717) is 39.5 Å². The summed E-state index contributed by atoms with van der Waals surface area (Å²) in [5.74, 6) is -0.293. The Labute approximate surface area is 181 Å². The highest BCUT2D eigenvalue weighted by atomic mass is 32.5. The third-order valence-corrected chi connectivity index (χ3v) is 5.93. The number of rotatable bonds is 18. The molecule has 0 spiro atoms. The van der Waals surface area contributed by atoms with Gasteiger partial charge in [-0.15, -0.1) is 0 Å². The summed E-state index contributed by atoms with van der Waals surface area (Å²) >= 11 is 5.54. The first-order valence-corrected chi connectivity index (χ1v) is 12.6. The number of esters is 1. The van der Waals surface area contributed by atoms with Crippen molar-refractivity contribution in [3.63, 3.8) is 0 Å². The normalized spacial score (nSPS) is 15.1. The summed E-state index contributed by atoms with van der Waals surface area (Å²) in [7, 11) is 1.36. The van der Waals surface area contributed by atoms with Crippen molar-refractivity contribution in [3.8, 4) is 0 Å². The molecule has 174 valence electrons. The second kappa shape index (κ2) is 16.6. The van der Waals surface area contributed by atoms with Gasteiger partial charge in [-0.2, -0.15) is 0 Å².